The minimum Gasteiger partial charge on any atom is -0.742 e. The average Bonchev–Trinajstić information content (AvgIpc) is 2.88. The Morgan fingerprint density at radius 1 is 1.41 bits per heavy atom. The van der Waals surface area contributed by atoms with Gasteiger partial charge in [-0.2, -0.15) is 0 Å². The number of thiocarbonyl (C=S) groups is 1. The van der Waals surface area contributed by atoms with Crippen molar-refractivity contribution >= 4 is 45.3 Å². The normalized spacial score (nSPS) is 17.8. The number of hydrogen-bond acceptors (Lipinski definition) is 7. The van der Waals surface area contributed by atoms with Crippen molar-refractivity contribution in [1.82, 2.24) is 10.2 Å². The van der Waals surface area contributed by atoms with Crippen LogP contribution in [0.3, 0.4) is 0 Å². The molecule has 2 heterocycles. The predicted molar refractivity (Wildman–Crippen MR) is 77.3 cm³/mol. The lowest BCUT2D eigenvalue weighted by atomic mass is 10.1. The van der Waals surface area contributed by atoms with Crippen LogP contribution in [0.5, 0.6) is 0 Å². The summed E-state index contributed by atoms with van der Waals surface area (Å²) < 4.78 is 37.2. The number of nitrogens with one attached hydrogen (secondary N) is 1. The summed E-state index contributed by atoms with van der Waals surface area (Å²) in [7, 11) is -4.75. The van der Waals surface area contributed by atoms with Crippen molar-refractivity contribution in [2.24, 2.45) is 0 Å². The van der Waals surface area contributed by atoms with Crippen molar-refractivity contribution in [1.29, 1.82) is 0 Å². The second-order valence-corrected chi connectivity index (χ2v) is 5.83. The Hall–Kier alpha value is -2.30. The number of hydrogen-bond donors (Lipinski definition) is 1. The van der Waals surface area contributed by atoms with Crippen LogP contribution in [0, 0.1) is 0 Å². The zero-order valence-corrected chi connectivity index (χ0v) is 12.6. The van der Waals surface area contributed by atoms with Gasteiger partial charge >= 0.3 is 0 Å². The number of furan rings is 1. The van der Waals surface area contributed by atoms with Gasteiger partial charge in [-0.05, 0) is 30.4 Å². The summed E-state index contributed by atoms with van der Waals surface area (Å²) in [4.78, 5) is 25.1. The predicted octanol–water partition coefficient (Wildman–Crippen LogP) is -0.00360. The monoisotopic (exact) mass is 341 g/mol. The molecule has 8 nitrogen and oxygen atoms in total. The Bertz CT molecular complexity index is 805. The molecule has 0 aromatic carbocycles. The van der Waals surface area contributed by atoms with E-state index in [1.807, 2.05) is 0 Å². The maximum absolute atomic E-state index is 12.2. The molecule has 0 radical (unpaired) electrons. The average molecular weight is 341 g/mol. The molecule has 0 unspecified atom stereocenters. The molecule has 2 rings (SSSR count). The Balaban J connectivity index is 2.39. The minimum atomic E-state index is -4.75. The Morgan fingerprint density at radius 2 is 2.09 bits per heavy atom. The van der Waals surface area contributed by atoms with Gasteiger partial charge in [-0.15, -0.1) is 6.58 Å². The van der Waals surface area contributed by atoms with Gasteiger partial charge in [0.15, 0.2) is 15.2 Å². The van der Waals surface area contributed by atoms with E-state index in [4.69, 9.17) is 16.6 Å². The number of carbonyl (C=O) groups is 2. The van der Waals surface area contributed by atoms with Gasteiger partial charge in [-0.25, -0.2) is 8.42 Å². The highest BCUT2D eigenvalue weighted by Gasteiger charge is 2.32. The van der Waals surface area contributed by atoms with Crippen LogP contribution in [0.1, 0.15) is 5.76 Å². The highest BCUT2D eigenvalue weighted by Crippen LogP contribution is 2.18. The topological polar surface area (TPSA) is 120 Å². The van der Waals surface area contributed by atoms with Gasteiger partial charge < -0.3 is 8.97 Å². The van der Waals surface area contributed by atoms with Crippen molar-refractivity contribution < 1.29 is 27.0 Å². The fourth-order valence-electron chi connectivity index (χ4n) is 1.68. The molecule has 1 N–H and O–H groups in total. The lowest BCUT2D eigenvalue weighted by Gasteiger charge is -2.27. The SMILES string of the molecule is C=CCN1C(=O)/C(=C/c2ccc(S(=O)(=O)[O-])o2)C(=O)NC1=S. The molecule has 22 heavy (non-hydrogen) atoms. The molecule has 0 atom stereocenters. The molecule has 2 amide bonds. The lowest BCUT2D eigenvalue weighted by Crippen LogP contribution is -2.53. The molecular weight excluding hydrogens is 332 g/mol. The molecule has 1 aromatic heterocycles. The van der Waals surface area contributed by atoms with Gasteiger partial charge in [0.2, 0.25) is 5.09 Å². The van der Waals surface area contributed by atoms with E-state index in [2.05, 4.69) is 11.9 Å². The van der Waals surface area contributed by atoms with Gasteiger partial charge in [0.25, 0.3) is 11.8 Å². The third-order valence-corrected chi connectivity index (χ3v) is 3.67. The second kappa shape index (κ2) is 5.83. The Morgan fingerprint density at radius 3 is 2.64 bits per heavy atom. The molecule has 0 bridgehead atoms. The third kappa shape index (κ3) is 3.13. The number of nitrogens with zero attached hydrogens (tertiary/aromatic N) is 1. The van der Waals surface area contributed by atoms with E-state index in [0.717, 1.165) is 23.1 Å². The standard InChI is InChI=1S/C12H10N2O6S2/c1-2-5-14-11(16)8(10(15)13-12(14)21)6-7-3-4-9(20-7)22(17,18)19/h2-4,6H,1,5H2,(H,13,15,21)(H,17,18,19)/p-1/b8-6+. The van der Waals surface area contributed by atoms with Gasteiger partial charge in [-0.3, -0.25) is 19.8 Å². The molecule has 1 saturated heterocycles. The molecule has 0 spiro atoms. The van der Waals surface area contributed by atoms with E-state index in [1.54, 1.807) is 0 Å². The molecule has 116 valence electrons. The first-order valence-electron chi connectivity index (χ1n) is 5.79. The molecule has 0 aliphatic carbocycles. The van der Waals surface area contributed by atoms with Crippen molar-refractivity contribution in [3.05, 3.63) is 36.1 Å². The van der Waals surface area contributed by atoms with E-state index in [9.17, 15) is 22.6 Å². The molecule has 1 fully saturated rings. The van der Waals surface area contributed by atoms with Crippen molar-refractivity contribution in [3.63, 3.8) is 0 Å². The first kappa shape index (κ1) is 16.1. The van der Waals surface area contributed by atoms with E-state index in [-0.39, 0.29) is 23.0 Å². The maximum atomic E-state index is 12.2. The van der Waals surface area contributed by atoms with E-state index in [1.165, 1.54) is 6.08 Å². The number of rotatable bonds is 4. The first-order chi connectivity index (χ1) is 10.2. The second-order valence-electron chi connectivity index (χ2n) is 4.13. The van der Waals surface area contributed by atoms with Crippen LogP contribution in [0.15, 0.2) is 39.9 Å². The lowest BCUT2D eigenvalue weighted by molar-refractivity contribution is -0.128. The van der Waals surface area contributed by atoms with Gasteiger partial charge in [-0.1, -0.05) is 6.08 Å². The van der Waals surface area contributed by atoms with Crippen molar-refractivity contribution in [3.8, 4) is 0 Å². The third-order valence-electron chi connectivity index (χ3n) is 2.63. The highest BCUT2D eigenvalue weighted by molar-refractivity contribution is 7.85. The van der Waals surface area contributed by atoms with E-state index in [0.29, 0.717) is 0 Å². The first-order valence-corrected chi connectivity index (χ1v) is 7.61. The van der Waals surface area contributed by atoms with E-state index < -0.39 is 27.0 Å². The summed E-state index contributed by atoms with van der Waals surface area (Å²) in [6.07, 6.45) is 2.46. The minimum absolute atomic E-state index is 0.0608. The summed E-state index contributed by atoms with van der Waals surface area (Å²) in [5.74, 6) is -1.56. The summed E-state index contributed by atoms with van der Waals surface area (Å²) >= 11 is 4.87. The summed E-state index contributed by atoms with van der Waals surface area (Å²) in [5.41, 5.74) is -0.306. The van der Waals surface area contributed by atoms with Gasteiger partial charge in [0.1, 0.15) is 11.3 Å². The molecule has 0 saturated carbocycles. The fraction of sp³-hybridized carbons (Fsp3) is 0.0833. The van der Waals surface area contributed by atoms with Gasteiger partial charge in [0, 0.05) is 6.54 Å². The Labute approximate surface area is 130 Å². The van der Waals surface area contributed by atoms with Crippen LogP contribution in [0.4, 0.5) is 0 Å². The molecule has 1 aliphatic heterocycles. The smallest absolute Gasteiger partial charge is 0.266 e. The summed E-state index contributed by atoms with van der Waals surface area (Å²) in [5, 5.41) is 1.45. The fourth-order valence-corrected chi connectivity index (χ4v) is 2.36. The highest BCUT2D eigenvalue weighted by atomic mass is 32.2. The molecule has 10 heteroatoms. The van der Waals surface area contributed by atoms with Crippen LogP contribution in [0.2, 0.25) is 0 Å². The summed E-state index contributed by atoms with van der Waals surface area (Å²) in [6.45, 7) is 3.57. The van der Waals surface area contributed by atoms with Crippen LogP contribution in [0.25, 0.3) is 6.08 Å². The quantitative estimate of drug-likeness (QED) is 0.269. The van der Waals surface area contributed by atoms with Crippen molar-refractivity contribution in [2.75, 3.05) is 6.54 Å². The van der Waals surface area contributed by atoms with Crippen LogP contribution >= 0.6 is 12.2 Å². The molecule has 1 aliphatic rings. The maximum Gasteiger partial charge on any atom is 0.266 e. The largest absolute Gasteiger partial charge is 0.742 e. The van der Waals surface area contributed by atoms with Gasteiger partial charge in [0.05, 0.1) is 0 Å². The Kier molecular flexibility index (Phi) is 4.26. The molecule has 1 aromatic rings. The van der Waals surface area contributed by atoms with Crippen LogP contribution in [-0.2, 0) is 19.7 Å². The zero-order chi connectivity index (χ0) is 16.5. The van der Waals surface area contributed by atoms with Crippen LogP contribution in [-0.4, -0.2) is 41.3 Å². The number of amides is 2. The summed E-state index contributed by atoms with van der Waals surface area (Å²) in [6, 6.07) is 2.09. The van der Waals surface area contributed by atoms with Crippen molar-refractivity contribution in [2.45, 2.75) is 5.09 Å². The van der Waals surface area contributed by atoms with E-state index >= 15 is 0 Å². The zero-order valence-electron chi connectivity index (χ0n) is 10.9. The van der Waals surface area contributed by atoms with Crippen LogP contribution < -0.4 is 5.32 Å². The molecular formula is C12H9N2O6S2-. The number of carbonyl (C=O) groups excluding carboxylic acids is 2.